The van der Waals surface area contributed by atoms with Crippen molar-refractivity contribution in [3.63, 3.8) is 0 Å². The van der Waals surface area contributed by atoms with Crippen LogP contribution in [0.15, 0.2) is 16.7 Å². The molecule has 3 rings (SSSR count). The maximum Gasteiger partial charge on any atom is 0.355 e. The lowest BCUT2D eigenvalue weighted by Gasteiger charge is -2.00. The summed E-state index contributed by atoms with van der Waals surface area (Å²) in [5, 5.41) is 9.87. The molecule has 1 aromatic carbocycles. The first-order valence-corrected chi connectivity index (χ1v) is 6.65. The number of aromatic carboxylic acids is 1. The maximum atomic E-state index is 11.3. The Morgan fingerprint density at radius 1 is 1.47 bits per heavy atom. The van der Waals surface area contributed by atoms with E-state index in [0.29, 0.717) is 15.4 Å². The molecule has 19 heavy (non-hydrogen) atoms. The van der Waals surface area contributed by atoms with Crippen molar-refractivity contribution in [1.82, 2.24) is 14.0 Å². The van der Waals surface area contributed by atoms with Crippen LogP contribution in [0.2, 0.25) is 5.02 Å². The van der Waals surface area contributed by atoms with Crippen LogP contribution in [-0.4, -0.2) is 25.0 Å². The first-order chi connectivity index (χ1) is 8.93. The minimum Gasteiger partial charge on any atom is -0.476 e. The first-order valence-electron chi connectivity index (χ1n) is 5.48. The summed E-state index contributed by atoms with van der Waals surface area (Å²) in [6.07, 6.45) is 0. The minimum absolute atomic E-state index is 0.164. The molecule has 0 bridgehead atoms. The summed E-state index contributed by atoms with van der Waals surface area (Å²) in [5.41, 5.74) is 2.64. The minimum atomic E-state index is -1.00. The van der Waals surface area contributed by atoms with Gasteiger partial charge in [0.15, 0.2) is 5.69 Å². The third kappa shape index (κ3) is 1.53. The molecule has 0 aliphatic rings. The van der Waals surface area contributed by atoms with E-state index in [9.17, 15) is 9.90 Å². The van der Waals surface area contributed by atoms with Crippen molar-refractivity contribution in [1.29, 1.82) is 0 Å². The Bertz CT molecular complexity index is 850. The molecule has 2 heterocycles. The van der Waals surface area contributed by atoms with Crippen LogP contribution in [0.25, 0.3) is 16.8 Å². The van der Waals surface area contributed by atoms with E-state index in [1.54, 1.807) is 22.1 Å². The molecule has 0 spiro atoms. The Morgan fingerprint density at radius 3 is 2.79 bits per heavy atom. The summed E-state index contributed by atoms with van der Waals surface area (Å²) < 4.78 is 3.78. The molecule has 7 heteroatoms. The number of nitrogens with zero attached hydrogens (tertiary/aromatic N) is 3. The molecule has 0 radical (unpaired) electrons. The maximum absolute atomic E-state index is 11.3. The first kappa shape index (κ1) is 12.5. The molecule has 5 nitrogen and oxygen atoms in total. The van der Waals surface area contributed by atoms with Gasteiger partial charge in [0.25, 0.3) is 0 Å². The van der Waals surface area contributed by atoms with Gasteiger partial charge in [-0.15, -0.1) is 0 Å². The molecule has 0 atom stereocenters. The summed E-state index contributed by atoms with van der Waals surface area (Å²) >= 11 is 9.42. The number of carboxylic acid groups (broad SMARTS) is 1. The summed E-state index contributed by atoms with van der Waals surface area (Å²) in [6, 6.07) is 3.62. The fourth-order valence-corrected chi connectivity index (χ4v) is 3.17. The van der Waals surface area contributed by atoms with E-state index >= 15 is 0 Å². The lowest BCUT2D eigenvalue weighted by Crippen LogP contribution is -2.05. The summed E-state index contributed by atoms with van der Waals surface area (Å²) in [4.78, 5) is 15.7. The highest BCUT2D eigenvalue weighted by atomic mass is 79.9. The molecule has 0 aliphatic carbocycles. The molecule has 0 saturated heterocycles. The monoisotopic (exact) mass is 341 g/mol. The molecule has 1 N–H and O–H groups in total. The smallest absolute Gasteiger partial charge is 0.355 e. The van der Waals surface area contributed by atoms with E-state index in [1.165, 1.54) is 0 Å². The van der Waals surface area contributed by atoms with Gasteiger partial charge in [0.1, 0.15) is 4.60 Å². The van der Waals surface area contributed by atoms with Crippen molar-refractivity contribution in [3.8, 4) is 0 Å². The highest BCUT2D eigenvalue weighted by molar-refractivity contribution is 9.10. The number of carboxylic acids is 1. The van der Waals surface area contributed by atoms with Gasteiger partial charge in [0.05, 0.1) is 11.0 Å². The predicted molar refractivity (Wildman–Crippen MR) is 76.1 cm³/mol. The van der Waals surface area contributed by atoms with Gasteiger partial charge >= 0.3 is 5.97 Å². The van der Waals surface area contributed by atoms with E-state index in [4.69, 9.17) is 11.6 Å². The fraction of sp³-hybridized carbons (Fsp3) is 0.167. The van der Waals surface area contributed by atoms with Crippen molar-refractivity contribution < 1.29 is 9.90 Å². The van der Waals surface area contributed by atoms with Gasteiger partial charge < -0.3 is 9.67 Å². The Hall–Kier alpha value is -1.53. The number of carbonyl (C=O) groups is 1. The number of halogens is 2. The van der Waals surface area contributed by atoms with Crippen LogP contribution in [0.3, 0.4) is 0 Å². The van der Waals surface area contributed by atoms with Crippen LogP contribution >= 0.6 is 27.5 Å². The standard InChI is InChI=1S/C12H9BrClN3O2/c1-5-6(14)3-4-7-8(5)15-12-16(2)9(11(18)19)10(13)17(7)12/h3-4H,1-2H3,(H,18,19). The second-order valence-electron chi connectivity index (χ2n) is 4.29. The van der Waals surface area contributed by atoms with E-state index in [0.717, 1.165) is 16.6 Å². The van der Waals surface area contributed by atoms with Gasteiger partial charge in [-0.25, -0.2) is 9.78 Å². The van der Waals surface area contributed by atoms with Crippen molar-refractivity contribution in [2.75, 3.05) is 0 Å². The van der Waals surface area contributed by atoms with Crippen LogP contribution in [0.1, 0.15) is 16.1 Å². The molecule has 0 unspecified atom stereocenters. The van der Waals surface area contributed by atoms with Crippen LogP contribution < -0.4 is 0 Å². The molecule has 0 amide bonds. The number of hydrogen-bond acceptors (Lipinski definition) is 2. The number of aryl methyl sites for hydroxylation is 2. The van der Waals surface area contributed by atoms with Gasteiger partial charge in [0, 0.05) is 12.1 Å². The Balaban J connectivity index is 2.56. The lowest BCUT2D eigenvalue weighted by molar-refractivity contribution is 0.0685. The molecule has 0 saturated carbocycles. The van der Waals surface area contributed by atoms with E-state index in [1.807, 2.05) is 13.0 Å². The average molecular weight is 343 g/mol. The third-order valence-corrected chi connectivity index (χ3v) is 4.37. The lowest BCUT2D eigenvalue weighted by atomic mass is 10.2. The number of imidazole rings is 2. The van der Waals surface area contributed by atoms with Crippen molar-refractivity contribution in [2.24, 2.45) is 7.05 Å². The van der Waals surface area contributed by atoms with Gasteiger partial charge in [-0.2, -0.15) is 0 Å². The Morgan fingerprint density at radius 2 is 2.16 bits per heavy atom. The second-order valence-corrected chi connectivity index (χ2v) is 5.45. The molecule has 98 valence electrons. The van der Waals surface area contributed by atoms with Gasteiger partial charge in [-0.1, -0.05) is 11.6 Å². The third-order valence-electron chi connectivity index (χ3n) is 3.23. The zero-order valence-corrected chi connectivity index (χ0v) is 12.4. The molecule has 2 aromatic heterocycles. The van der Waals surface area contributed by atoms with Gasteiger partial charge in [-0.3, -0.25) is 4.40 Å². The number of hydrogen-bond donors (Lipinski definition) is 1. The second kappa shape index (κ2) is 3.98. The van der Waals surface area contributed by atoms with Crippen LogP contribution in [0.5, 0.6) is 0 Å². The highest BCUT2D eigenvalue weighted by Gasteiger charge is 2.22. The molecule has 3 aromatic rings. The Labute approximate surface area is 121 Å². The number of benzene rings is 1. The highest BCUT2D eigenvalue weighted by Crippen LogP contribution is 2.30. The molecular formula is C12H9BrClN3O2. The van der Waals surface area contributed by atoms with E-state index in [-0.39, 0.29) is 5.69 Å². The predicted octanol–water partition coefficient (Wildman–Crippen LogP) is 3.25. The number of rotatable bonds is 1. The van der Waals surface area contributed by atoms with Gasteiger partial charge in [-0.05, 0) is 40.5 Å². The fourth-order valence-electron chi connectivity index (χ4n) is 2.24. The normalized spacial score (nSPS) is 11.6. The quantitative estimate of drug-likeness (QED) is 0.738. The number of aromatic nitrogens is 3. The topological polar surface area (TPSA) is 59.5 Å². The summed E-state index contributed by atoms with van der Waals surface area (Å²) in [7, 11) is 1.67. The van der Waals surface area contributed by atoms with Crippen LogP contribution in [0.4, 0.5) is 0 Å². The van der Waals surface area contributed by atoms with Crippen molar-refractivity contribution >= 4 is 50.3 Å². The largest absolute Gasteiger partial charge is 0.476 e. The summed E-state index contributed by atoms with van der Waals surface area (Å²) in [5.74, 6) is -0.441. The number of fused-ring (bicyclic) bond motifs is 3. The Kier molecular flexibility index (Phi) is 2.62. The van der Waals surface area contributed by atoms with Crippen LogP contribution in [-0.2, 0) is 7.05 Å². The van der Waals surface area contributed by atoms with Crippen molar-refractivity contribution in [3.05, 3.63) is 33.0 Å². The molecule has 0 aliphatic heterocycles. The zero-order valence-electron chi connectivity index (χ0n) is 10.1. The van der Waals surface area contributed by atoms with Gasteiger partial charge in [0.2, 0.25) is 5.78 Å². The SMILES string of the molecule is Cc1c(Cl)ccc2c1nc1n(C)c(C(=O)O)c(Br)n21. The molecule has 0 fully saturated rings. The molecular weight excluding hydrogens is 334 g/mol. The zero-order chi connectivity index (χ0) is 13.9. The average Bonchev–Trinajstić information content (AvgIpc) is 2.83. The van der Waals surface area contributed by atoms with E-state index in [2.05, 4.69) is 20.9 Å². The van der Waals surface area contributed by atoms with E-state index < -0.39 is 5.97 Å². The van der Waals surface area contributed by atoms with Crippen molar-refractivity contribution in [2.45, 2.75) is 6.92 Å². The summed E-state index contributed by atoms with van der Waals surface area (Å²) in [6.45, 7) is 1.89. The van der Waals surface area contributed by atoms with Crippen LogP contribution in [0, 0.1) is 6.92 Å².